The number of carbonyl (C=O) groups is 1. The molecule has 0 spiro atoms. The normalized spacial score (nSPS) is 17.4. The molecule has 0 radical (unpaired) electrons. The quantitative estimate of drug-likeness (QED) is 0.387. The maximum absolute atomic E-state index is 12.0. The van der Waals surface area contributed by atoms with Gasteiger partial charge in [-0.05, 0) is 35.8 Å². The summed E-state index contributed by atoms with van der Waals surface area (Å²) < 4.78 is 27.0. The summed E-state index contributed by atoms with van der Waals surface area (Å²) in [6, 6.07) is 15.8. The number of alkyl halides is 2. The van der Waals surface area contributed by atoms with Gasteiger partial charge in [0.1, 0.15) is 0 Å². The molecule has 4 nitrogen and oxygen atoms in total. The lowest BCUT2D eigenvalue weighted by Crippen LogP contribution is -2.32. The van der Waals surface area contributed by atoms with Crippen molar-refractivity contribution in [3.05, 3.63) is 77.4 Å². The van der Waals surface area contributed by atoms with E-state index in [1.807, 2.05) is 30.3 Å². The molecular weight excluding hydrogens is 419 g/mol. The molecule has 28 heavy (non-hydrogen) atoms. The Hall–Kier alpha value is -2.08. The van der Waals surface area contributed by atoms with E-state index < -0.39 is 20.1 Å². The van der Waals surface area contributed by atoms with Gasteiger partial charge in [-0.3, -0.25) is 0 Å². The van der Waals surface area contributed by atoms with Gasteiger partial charge in [-0.2, -0.15) is 0 Å². The predicted octanol–water partition coefficient (Wildman–Crippen LogP) is 4.68. The number of sulfone groups is 1. The highest BCUT2D eigenvalue weighted by Crippen LogP contribution is 2.60. The summed E-state index contributed by atoms with van der Waals surface area (Å²) in [5.41, 5.74) is 3.31. The van der Waals surface area contributed by atoms with Gasteiger partial charge in [-0.15, -0.1) is 0 Å². The van der Waals surface area contributed by atoms with Crippen molar-refractivity contribution in [3.63, 3.8) is 0 Å². The lowest BCUT2D eigenvalue weighted by Gasteiger charge is -2.40. The Morgan fingerprint density at radius 2 is 1.64 bits per heavy atom. The molecule has 146 valence electrons. The van der Waals surface area contributed by atoms with E-state index >= 15 is 0 Å². The number of rotatable bonds is 5. The first kappa shape index (κ1) is 20.6. The predicted molar refractivity (Wildman–Crippen MR) is 112 cm³/mol. The molecule has 0 amide bonds. The van der Waals surface area contributed by atoms with Crippen LogP contribution in [0, 0.1) is 0 Å². The third-order valence-corrected chi connectivity index (χ3v) is 6.27. The van der Waals surface area contributed by atoms with Crippen LogP contribution in [0.5, 0.6) is 0 Å². The first-order valence-electron chi connectivity index (χ1n) is 8.54. The minimum Gasteiger partial charge on any atom is -0.463 e. The Morgan fingerprint density at radius 3 is 2.18 bits per heavy atom. The molecule has 0 aromatic heterocycles. The van der Waals surface area contributed by atoms with Crippen LogP contribution in [0.1, 0.15) is 18.1 Å². The smallest absolute Gasteiger partial charge is 0.331 e. The lowest BCUT2D eigenvalue weighted by molar-refractivity contribution is -0.137. The standard InChI is InChI=1S/C21H18Cl2O4S/c1-3-27-18(24)13-17-19(14-7-5-4-6-8-14)20(21(17,22)23)15-9-11-16(12-10-15)28(2,25)26/h4-13H,3H2,1-2H3. The second-order valence-electron chi connectivity index (χ2n) is 6.30. The Kier molecular flexibility index (Phi) is 5.71. The molecule has 7 heteroatoms. The van der Waals surface area contributed by atoms with E-state index in [-0.39, 0.29) is 11.5 Å². The van der Waals surface area contributed by atoms with Gasteiger partial charge >= 0.3 is 5.97 Å². The van der Waals surface area contributed by atoms with E-state index in [4.69, 9.17) is 27.9 Å². The number of carbonyl (C=O) groups excluding carboxylic acids is 1. The molecule has 0 saturated carbocycles. The van der Waals surface area contributed by atoms with Crippen LogP contribution in [0.4, 0.5) is 0 Å². The molecule has 3 rings (SSSR count). The van der Waals surface area contributed by atoms with Gasteiger partial charge in [0.25, 0.3) is 0 Å². The fraction of sp³-hybridized carbons (Fsp3) is 0.190. The highest BCUT2D eigenvalue weighted by Gasteiger charge is 2.48. The van der Waals surface area contributed by atoms with Crippen molar-refractivity contribution < 1.29 is 17.9 Å². The molecule has 0 saturated heterocycles. The first-order chi connectivity index (χ1) is 13.2. The molecule has 1 aliphatic rings. The topological polar surface area (TPSA) is 60.4 Å². The van der Waals surface area contributed by atoms with Crippen LogP contribution in [0.25, 0.3) is 11.1 Å². The molecule has 0 bridgehead atoms. The van der Waals surface area contributed by atoms with Gasteiger partial charge in [0.2, 0.25) is 0 Å². The average Bonchev–Trinajstić information content (AvgIpc) is 2.64. The molecule has 0 heterocycles. The zero-order chi connectivity index (χ0) is 20.5. The minimum atomic E-state index is -3.32. The van der Waals surface area contributed by atoms with Crippen LogP contribution in [-0.2, 0) is 19.4 Å². The maximum Gasteiger partial charge on any atom is 0.331 e. The van der Waals surface area contributed by atoms with Crippen molar-refractivity contribution in [2.75, 3.05) is 12.9 Å². The van der Waals surface area contributed by atoms with E-state index in [0.29, 0.717) is 16.7 Å². The fourth-order valence-corrected chi connectivity index (χ4v) is 4.42. The molecule has 0 fully saturated rings. The van der Waals surface area contributed by atoms with Crippen molar-refractivity contribution in [2.45, 2.75) is 16.2 Å². The summed E-state index contributed by atoms with van der Waals surface area (Å²) in [5.74, 6) is -0.525. The third-order valence-electron chi connectivity index (χ3n) is 4.35. The summed E-state index contributed by atoms with van der Waals surface area (Å²) in [4.78, 5) is 12.2. The van der Waals surface area contributed by atoms with Crippen LogP contribution in [-0.4, -0.2) is 31.6 Å². The Bertz CT molecular complexity index is 1070. The summed E-state index contributed by atoms with van der Waals surface area (Å²) in [7, 11) is -3.32. The number of hydrogen-bond donors (Lipinski definition) is 0. The molecular formula is C21H18Cl2O4S. The molecule has 0 unspecified atom stereocenters. The van der Waals surface area contributed by atoms with Crippen LogP contribution >= 0.6 is 23.2 Å². The van der Waals surface area contributed by atoms with Crippen molar-refractivity contribution >= 4 is 50.2 Å². The summed E-state index contributed by atoms with van der Waals surface area (Å²) in [6.45, 7) is 1.96. The molecule has 0 aliphatic heterocycles. The molecule has 2 aromatic rings. The van der Waals surface area contributed by atoms with Crippen molar-refractivity contribution in [3.8, 4) is 0 Å². The molecule has 1 aliphatic carbocycles. The fourth-order valence-electron chi connectivity index (χ4n) is 3.08. The largest absolute Gasteiger partial charge is 0.463 e. The Balaban J connectivity index is 2.18. The van der Waals surface area contributed by atoms with E-state index in [0.717, 1.165) is 17.4 Å². The van der Waals surface area contributed by atoms with Crippen molar-refractivity contribution in [2.24, 2.45) is 0 Å². The number of esters is 1. The van der Waals surface area contributed by atoms with Gasteiger partial charge in [0, 0.05) is 23.5 Å². The average molecular weight is 437 g/mol. The lowest BCUT2D eigenvalue weighted by atomic mass is 9.74. The van der Waals surface area contributed by atoms with Gasteiger partial charge in [-0.1, -0.05) is 65.7 Å². The van der Waals surface area contributed by atoms with E-state index in [1.165, 1.54) is 18.2 Å². The van der Waals surface area contributed by atoms with Gasteiger partial charge < -0.3 is 4.74 Å². The number of hydrogen-bond acceptors (Lipinski definition) is 4. The highest BCUT2D eigenvalue weighted by molar-refractivity contribution is 7.90. The Labute approximate surface area is 174 Å². The van der Waals surface area contributed by atoms with Gasteiger partial charge in [-0.25, -0.2) is 13.2 Å². The van der Waals surface area contributed by atoms with E-state index in [9.17, 15) is 13.2 Å². The molecule has 0 atom stereocenters. The second kappa shape index (κ2) is 7.74. The summed E-state index contributed by atoms with van der Waals surface area (Å²) in [6.07, 6.45) is 2.45. The number of allylic oxidation sites excluding steroid dienone is 3. The van der Waals surface area contributed by atoms with Crippen LogP contribution in [0.2, 0.25) is 0 Å². The highest BCUT2D eigenvalue weighted by atomic mass is 35.5. The van der Waals surface area contributed by atoms with Gasteiger partial charge in [0.15, 0.2) is 14.2 Å². The first-order valence-corrected chi connectivity index (χ1v) is 11.2. The number of ether oxygens (including phenoxy) is 1. The Morgan fingerprint density at radius 1 is 1.04 bits per heavy atom. The van der Waals surface area contributed by atoms with Crippen molar-refractivity contribution in [1.82, 2.24) is 0 Å². The molecule has 2 aromatic carbocycles. The number of benzene rings is 2. The van der Waals surface area contributed by atoms with Gasteiger partial charge in [0.05, 0.1) is 11.5 Å². The van der Waals surface area contributed by atoms with Crippen LogP contribution < -0.4 is 0 Å². The SMILES string of the molecule is CCOC(=O)C=C1C(c2ccccc2)=C(c2ccc(S(C)(=O)=O)cc2)C1(Cl)Cl. The zero-order valence-corrected chi connectivity index (χ0v) is 17.6. The number of halogens is 2. The maximum atomic E-state index is 12.0. The zero-order valence-electron chi connectivity index (χ0n) is 15.3. The van der Waals surface area contributed by atoms with E-state index in [2.05, 4.69) is 0 Å². The van der Waals surface area contributed by atoms with Crippen LogP contribution in [0.15, 0.2) is 71.1 Å². The summed E-state index contributed by atoms with van der Waals surface area (Å²) in [5, 5.41) is 0. The monoisotopic (exact) mass is 436 g/mol. The van der Waals surface area contributed by atoms with Crippen molar-refractivity contribution in [1.29, 1.82) is 0 Å². The van der Waals surface area contributed by atoms with E-state index in [1.54, 1.807) is 19.1 Å². The second-order valence-corrected chi connectivity index (χ2v) is 9.64. The third kappa shape index (κ3) is 3.88. The van der Waals surface area contributed by atoms with Crippen LogP contribution in [0.3, 0.4) is 0 Å². The minimum absolute atomic E-state index is 0.203. The summed E-state index contributed by atoms with van der Waals surface area (Å²) >= 11 is 13.2. The molecule has 0 N–H and O–H groups in total.